The first-order valence-electron chi connectivity index (χ1n) is 6.77. The zero-order valence-electron chi connectivity index (χ0n) is 13.3. The quantitative estimate of drug-likeness (QED) is 0.291. The zero-order valence-corrected chi connectivity index (χ0v) is 16.0. The molecule has 0 bridgehead atoms. The summed E-state index contributed by atoms with van der Waals surface area (Å²) in [5.74, 6) is -1.65. The number of nitrogens with zero attached hydrogens (tertiary/aromatic N) is 2. The van der Waals surface area contributed by atoms with Crippen molar-refractivity contribution >= 4 is 29.3 Å². The minimum atomic E-state index is -5.66. The summed E-state index contributed by atoms with van der Waals surface area (Å²) in [6.45, 7) is -1.24. The van der Waals surface area contributed by atoms with Crippen molar-refractivity contribution in [2.24, 2.45) is 0 Å². The average Bonchev–Trinajstić information content (AvgIpc) is 2.94. The van der Waals surface area contributed by atoms with E-state index in [-0.39, 0.29) is 6.61 Å². The Morgan fingerprint density at radius 2 is 1.89 bits per heavy atom. The van der Waals surface area contributed by atoms with Crippen molar-refractivity contribution in [3.63, 3.8) is 0 Å². The Bertz CT molecular complexity index is 932. The Labute approximate surface area is 154 Å². The number of hydrogen-bond acceptors (Lipinski definition) is 11. The van der Waals surface area contributed by atoms with E-state index in [1.165, 1.54) is 0 Å². The lowest BCUT2D eigenvalue weighted by Crippen LogP contribution is -2.30. The number of anilines is 1. The number of nitrogens with two attached hydrogens (primary N) is 1. The molecule has 2 rings (SSSR count). The summed E-state index contributed by atoms with van der Waals surface area (Å²) in [5, 5.41) is 0. The van der Waals surface area contributed by atoms with Crippen LogP contribution < -0.4 is 11.4 Å². The van der Waals surface area contributed by atoms with E-state index in [4.69, 9.17) is 29.9 Å². The smallest absolute Gasteiger partial charge is 0.381 e. The van der Waals surface area contributed by atoms with Gasteiger partial charge >= 0.3 is 29.2 Å². The van der Waals surface area contributed by atoms with Crippen LogP contribution in [-0.4, -0.2) is 48.6 Å². The highest BCUT2D eigenvalue weighted by atomic mass is 31.3. The van der Waals surface area contributed by atoms with Gasteiger partial charge in [0.2, 0.25) is 0 Å². The molecule has 20 heteroatoms. The fourth-order valence-corrected chi connectivity index (χ4v) is 4.80. The molecule has 0 spiro atoms. The van der Waals surface area contributed by atoms with Gasteiger partial charge in [-0.2, -0.15) is 13.6 Å². The Hall–Kier alpha value is -1.06. The molecular formula is C8H13FN3O13P3. The van der Waals surface area contributed by atoms with Crippen LogP contribution in [0.2, 0.25) is 0 Å². The van der Waals surface area contributed by atoms with E-state index in [1.54, 1.807) is 0 Å². The molecule has 4 atom stereocenters. The van der Waals surface area contributed by atoms with Crippen LogP contribution in [0.5, 0.6) is 0 Å². The third-order valence-corrected chi connectivity index (χ3v) is 6.57. The molecule has 4 unspecified atom stereocenters. The summed E-state index contributed by atoms with van der Waals surface area (Å²) in [4.78, 5) is 50.0. The molecule has 16 nitrogen and oxygen atoms in total. The van der Waals surface area contributed by atoms with Crippen LogP contribution in [0.15, 0.2) is 11.0 Å². The molecule has 0 aliphatic carbocycles. The number of nitrogen functional groups attached to an aromatic ring is 1. The molecule has 2 heterocycles. The lowest BCUT2D eigenvalue weighted by Gasteiger charge is -2.18. The summed E-state index contributed by atoms with van der Waals surface area (Å²) < 4.78 is 68.8. The number of aromatic nitrogens is 2. The number of rotatable bonds is 8. The van der Waals surface area contributed by atoms with E-state index in [1.807, 2.05) is 0 Å². The highest BCUT2D eigenvalue weighted by Gasteiger charge is 2.41. The molecule has 28 heavy (non-hydrogen) atoms. The van der Waals surface area contributed by atoms with Gasteiger partial charge in [-0.3, -0.25) is 9.09 Å². The van der Waals surface area contributed by atoms with Crippen LogP contribution in [0.3, 0.4) is 0 Å². The summed E-state index contributed by atoms with van der Waals surface area (Å²) in [6, 6.07) is 0. The topological polar surface area (TPSA) is 239 Å². The molecule has 6 N–H and O–H groups in total. The molecule has 1 aromatic rings. The van der Waals surface area contributed by atoms with E-state index in [0.29, 0.717) is 10.8 Å². The Balaban J connectivity index is 1.95. The van der Waals surface area contributed by atoms with Gasteiger partial charge in [0.05, 0.1) is 12.8 Å². The van der Waals surface area contributed by atoms with Crippen LogP contribution in [0.1, 0.15) is 6.23 Å². The van der Waals surface area contributed by atoms with Crippen LogP contribution in [-0.2, 0) is 36.3 Å². The van der Waals surface area contributed by atoms with Gasteiger partial charge in [0.15, 0.2) is 24.2 Å². The van der Waals surface area contributed by atoms with Crippen molar-refractivity contribution in [2.45, 2.75) is 12.5 Å². The lowest BCUT2D eigenvalue weighted by atomic mass is 10.5. The Morgan fingerprint density at radius 1 is 1.25 bits per heavy atom. The summed E-state index contributed by atoms with van der Waals surface area (Å²) in [5.41, 5.74) is 4.16. The van der Waals surface area contributed by atoms with E-state index in [9.17, 15) is 27.8 Å². The second-order valence-electron chi connectivity index (χ2n) is 4.90. The minimum absolute atomic E-state index is 0.338. The first-order chi connectivity index (χ1) is 12.7. The molecular weight excluding hydrogens is 458 g/mol. The lowest BCUT2D eigenvalue weighted by molar-refractivity contribution is -0.0974. The van der Waals surface area contributed by atoms with Crippen molar-refractivity contribution < 1.29 is 60.3 Å². The number of hydrogen-bond donors (Lipinski definition) is 5. The summed E-state index contributed by atoms with van der Waals surface area (Å²) in [7, 11) is -16.6. The second kappa shape index (κ2) is 8.36. The standard InChI is InChI=1S/C8H13FN3O13P3/c9-4-1-12(8(13)11-7(4)10)5-2-21-6(23-5)3-22-27(17,18)25-28(19,20)24-26(14,15)16/h1,5-6H,2-3H2,(H,17,18)(H,19,20)(H2,10,11,13)(H2,14,15,16). The fraction of sp³-hybridized carbons (Fsp3) is 0.500. The number of phosphoric acid groups is 3. The van der Waals surface area contributed by atoms with Gasteiger partial charge in [-0.25, -0.2) is 22.9 Å². The van der Waals surface area contributed by atoms with Crippen molar-refractivity contribution in [2.75, 3.05) is 18.9 Å². The monoisotopic (exact) mass is 471 g/mol. The molecule has 1 aromatic heterocycles. The summed E-state index contributed by atoms with van der Waals surface area (Å²) in [6.07, 6.45) is -1.92. The molecule has 1 aliphatic rings. The maximum atomic E-state index is 13.4. The highest BCUT2D eigenvalue weighted by Crippen LogP contribution is 2.66. The van der Waals surface area contributed by atoms with Crippen molar-refractivity contribution in [3.05, 3.63) is 22.5 Å². The van der Waals surface area contributed by atoms with Crippen molar-refractivity contribution in [3.8, 4) is 0 Å². The van der Waals surface area contributed by atoms with Crippen LogP contribution in [0, 0.1) is 5.82 Å². The maximum absolute atomic E-state index is 13.4. The van der Waals surface area contributed by atoms with E-state index in [2.05, 4.69) is 18.1 Å². The SMILES string of the molecule is Nc1nc(=O)n(C2COC(COP(=O)(O)OP(=O)(O)OP(=O)(O)O)O2)cc1F. The first kappa shape index (κ1) is 23.2. The van der Waals surface area contributed by atoms with Crippen LogP contribution >= 0.6 is 23.5 Å². The van der Waals surface area contributed by atoms with E-state index >= 15 is 0 Å². The van der Waals surface area contributed by atoms with Gasteiger partial charge in [-0.1, -0.05) is 0 Å². The third-order valence-electron chi connectivity index (χ3n) is 2.77. The fourth-order valence-electron chi connectivity index (χ4n) is 1.80. The van der Waals surface area contributed by atoms with Gasteiger partial charge in [0.25, 0.3) is 0 Å². The van der Waals surface area contributed by atoms with Gasteiger partial charge in [0, 0.05) is 0 Å². The van der Waals surface area contributed by atoms with E-state index < -0.39 is 59.9 Å². The van der Waals surface area contributed by atoms with Gasteiger partial charge in [-0.05, 0) is 0 Å². The zero-order chi connectivity index (χ0) is 21.3. The van der Waals surface area contributed by atoms with Crippen LogP contribution in [0.25, 0.3) is 0 Å². The van der Waals surface area contributed by atoms with Crippen molar-refractivity contribution in [1.29, 1.82) is 0 Å². The normalized spacial score (nSPS) is 24.6. The molecule has 1 saturated heterocycles. The molecule has 0 amide bonds. The molecule has 0 radical (unpaired) electrons. The first-order valence-corrected chi connectivity index (χ1v) is 11.3. The average molecular weight is 471 g/mol. The maximum Gasteiger partial charge on any atom is 0.490 e. The predicted octanol–water partition coefficient (Wildman–Crippen LogP) is -0.821. The Morgan fingerprint density at radius 3 is 2.50 bits per heavy atom. The van der Waals surface area contributed by atoms with Crippen molar-refractivity contribution in [1.82, 2.24) is 9.55 Å². The highest BCUT2D eigenvalue weighted by molar-refractivity contribution is 7.66. The molecule has 0 aromatic carbocycles. The number of ether oxygens (including phenoxy) is 2. The van der Waals surface area contributed by atoms with Gasteiger partial charge in [-0.15, -0.1) is 0 Å². The number of halogens is 1. The molecule has 1 fully saturated rings. The third kappa shape index (κ3) is 6.77. The van der Waals surface area contributed by atoms with Gasteiger partial charge < -0.3 is 34.8 Å². The minimum Gasteiger partial charge on any atom is -0.381 e. The molecule has 1 aliphatic heterocycles. The predicted molar refractivity (Wildman–Crippen MR) is 82.5 cm³/mol. The van der Waals surface area contributed by atoms with Gasteiger partial charge in [0.1, 0.15) is 6.61 Å². The van der Waals surface area contributed by atoms with Crippen LogP contribution in [0.4, 0.5) is 10.2 Å². The number of phosphoric ester groups is 1. The van der Waals surface area contributed by atoms with E-state index in [0.717, 1.165) is 0 Å². The second-order valence-corrected chi connectivity index (χ2v) is 9.32. The summed E-state index contributed by atoms with van der Waals surface area (Å²) >= 11 is 0. The molecule has 0 saturated carbocycles. The largest absolute Gasteiger partial charge is 0.490 e. The molecule has 160 valence electrons. The Kier molecular flexibility index (Phi) is 6.93.